The zero-order chi connectivity index (χ0) is 25.8. The van der Waals surface area contributed by atoms with Crippen LogP contribution in [0.5, 0.6) is 5.75 Å². The Morgan fingerprint density at radius 2 is 1.81 bits per heavy atom. The fraction of sp³-hybridized carbons (Fsp3) is 0.414. The Morgan fingerprint density at radius 3 is 2.54 bits per heavy atom. The topological polar surface area (TPSA) is 75.0 Å². The predicted octanol–water partition coefficient (Wildman–Crippen LogP) is 4.31. The summed E-state index contributed by atoms with van der Waals surface area (Å²) in [7, 11) is 1.97. The lowest BCUT2D eigenvalue weighted by atomic mass is 10.1. The first-order valence-electron chi connectivity index (χ1n) is 13.3. The van der Waals surface area contributed by atoms with Crippen LogP contribution in [0.15, 0.2) is 53.5 Å². The van der Waals surface area contributed by atoms with Gasteiger partial charge in [0.15, 0.2) is 0 Å². The number of carbonyl (C=O) groups excluding carboxylic acids is 1. The smallest absolute Gasteiger partial charge is 0.254 e. The van der Waals surface area contributed by atoms with Crippen molar-refractivity contribution < 1.29 is 9.53 Å². The highest BCUT2D eigenvalue weighted by molar-refractivity contribution is 6.06. The van der Waals surface area contributed by atoms with Crippen LogP contribution in [0.25, 0.3) is 0 Å². The third-order valence-electron chi connectivity index (χ3n) is 6.97. The molecule has 1 aromatic heterocycles. The summed E-state index contributed by atoms with van der Waals surface area (Å²) in [4.78, 5) is 22.8. The molecule has 37 heavy (non-hydrogen) atoms. The summed E-state index contributed by atoms with van der Waals surface area (Å²) in [6, 6.07) is 16.1. The minimum atomic E-state index is 0.0427. The van der Waals surface area contributed by atoms with E-state index in [4.69, 9.17) is 14.8 Å². The Kier molecular flexibility index (Phi) is 7.44. The first-order chi connectivity index (χ1) is 18.1. The van der Waals surface area contributed by atoms with E-state index < -0.39 is 0 Å². The quantitative estimate of drug-likeness (QED) is 0.499. The van der Waals surface area contributed by atoms with Gasteiger partial charge in [0.05, 0.1) is 30.1 Å². The van der Waals surface area contributed by atoms with Crippen molar-refractivity contribution >= 4 is 23.1 Å². The van der Waals surface area contributed by atoms with Crippen LogP contribution in [-0.4, -0.2) is 59.2 Å². The van der Waals surface area contributed by atoms with Gasteiger partial charge in [-0.15, -0.1) is 0 Å². The fourth-order valence-electron chi connectivity index (χ4n) is 4.99. The maximum absolute atomic E-state index is 13.5. The van der Waals surface area contributed by atoms with Gasteiger partial charge in [0, 0.05) is 44.5 Å². The number of aliphatic imine (C=N–C) groups is 1. The van der Waals surface area contributed by atoms with Crippen LogP contribution in [0.1, 0.15) is 54.0 Å². The van der Waals surface area contributed by atoms with E-state index in [2.05, 4.69) is 48.3 Å². The highest BCUT2D eigenvalue weighted by Gasteiger charge is 2.26. The van der Waals surface area contributed by atoms with Crippen LogP contribution in [0.3, 0.4) is 0 Å². The molecule has 0 spiro atoms. The predicted molar refractivity (Wildman–Crippen MR) is 147 cm³/mol. The molecule has 1 saturated heterocycles. The largest absolute Gasteiger partial charge is 0.493 e. The van der Waals surface area contributed by atoms with Crippen molar-refractivity contribution in [3.05, 3.63) is 71.0 Å². The van der Waals surface area contributed by atoms with Crippen molar-refractivity contribution in [1.82, 2.24) is 20.0 Å². The molecule has 5 rings (SSSR count). The van der Waals surface area contributed by atoms with Crippen LogP contribution >= 0.6 is 0 Å². The third kappa shape index (κ3) is 5.19. The van der Waals surface area contributed by atoms with Crippen LogP contribution in [-0.2, 0) is 20.0 Å². The first-order valence-corrected chi connectivity index (χ1v) is 13.3. The molecule has 2 aliphatic heterocycles. The Labute approximate surface area is 218 Å². The number of hydrogen-bond acceptors (Lipinski definition) is 6. The molecule has 8 heteroatoms. The molecule has 0 unspecified atom stereocenters. The molecule has 0 aliphatic carbocycles. The molecule has 3 heterocycles. The number of piperazine rings is 1. The average Bonchev–Trinajstić information content (AvgIpc) is 3.26. The lowest BCUT2D eigenvalue weighted by Crippen LogP contribution is -2.48. The van der Waals surface area contributed by atoms with E-state index in [0.717, 1.165) is 66.6 Å². The van der Waals surface area contributed by atoms with Crippen LogP contribution < -0.4 is 15.0 Å². The maximum Gasteiger partial charge on any atom is 0.254 e. The third-order valence-corrected chi connectivity index (χ3v) is 6.97. The second-order valence-corrected chi connectivity index (χ2v) is 9.60. The Hall–Kier alpha value is -3.81. The summed E-state index contributed by atoms with van der Waals surface area (Å²) in [6.45, 7) is 8.49. The van der Waals surface area contributed by atoms with E-state index in [1.54, 1.807) is 0 Å². The van der Waals surface area contributed by atoms with Crippen LogP contribution in [0, 0.1) is 0 Å². The number of amidine groups is 1. The molecular weight excluding hydrogens is 464 g/mol. The number of para-hydroxylation sites is 1. The molecule has 0 radical (unpaired) electrons. The van der Waals surface area contributed by atoms with Gasteiger partial charge in [-0.25, -0.2) is 4.99 Å². The number of aryl methyl sites for hydroxylation is 2. The monoisotopic (exact) mass is 500 g/mol. The minimum absolute atomic E-state index is 0.0427. The minimum Gasteiger partial charge on any atom is -0.493 e. The normalized spacial score (nSPS) is 15.2. The number of nitrogens with zero attached hydrogens (tertiary/aromatic N) is 5. The summed E-state index contributed by atoms with van der Waals surface area (Å²) in [6.07, 6.45) is 2.79. The Morgan fingerprint density at radius 1 is 1.03 bits per heavy atom. The fourth-order valence-corrected chi connectivity index (χ4v) is 4.99. The van der Waals surface area contributed by atoms with E-state index in [-0.39, 0.29) is 5.91 Å². The zero-order valence-corrected chi connectivity index (χ0v) is 22.0. The molecule has 1 amide bonds. The van der Waals surface area contributed by atoms with Gasteiger partial charge in [-0.2, -0.15) is 5.10 Å². The number of hydrogen-bond donors (Lipinski definition) is 1. The summed E-state index contributed by atoms with van der Waals surface area (Å²) < 4.78 is 7.99. The van der Waals surface area contributed by atoms with E-state index in [0.29, 0.717) is 31.8 Å². The van der Waals surface area contributed by atoms with E-state index in [1.165, 1.54) is 5.69 Å². The van der Waals surface area contributed by atoms with Crippen molar-refractivity contribution in [3.63, 3.8) is 0 Å². The van der Waals surface area contributed by atoms with Crippen molar-refractivity contribution in [2.75, 3.05) is 37.7 Å². The van der Waals surface area contributed by atoms with Crippen LogP contribution in [0.2, 0.25) is 0 Å². The summed E-state index contributed by atoms with van der Waals surface area (Å²) in [5.41, 5.74) is 5.70. The molecule has 0 saturated carbocycles. The molecule has 8 nitrogen and oxygen atoms in total. The van der Waals surface area contributed by atoms with E-state index >= 15 is 0 Å². The number of anilines is 1. The van der Waals surface area contributed by atoms with Gasteiger partial charge < -0.3 is 19.9 Å². The highest BCUT2D eigenvalue weighted by atomic mass is 16.5. The second-order valence-electron chi connectivity index (χ2n) is 9.60. The lowest BCUT2D eigenvalue weighted by Gasteiger charge is -2.36. The molecule has 1 N–H and O–H groups in total. The van der Waals surface area contributed by atoms with Gasteiger partial charge in [0.1, 0.15) is 17.3 Å². The molecule has 1 fully saturated rings. The summed E-state index contributed by atoms with van der Waals surface area (Å²) in [5.74, 6) is 1.51. The van der Waals surface area contributed by atoms with E-state index in [9.17, 15) is 4.79 Å². The van der Waals surface area contributed by atoms with Gasteiger partial charge in [-0.05, 0) is 43.2 Å². The van der Waals surface area contributed by atoms with Crippen molar-refractivity contribution in [2.45, 2.75) is 39.7 Å². The van der Waals surface area contributed by atoms with Crippen molar-refractivity contribution in [3.8, 4) is 5.75 Å². The number of amides is 1. The van der Waals surface area contributed by atoms with Gasteiger partial charge in [0.25, 0.3) is 5.91 Å². The average molecular weight is 501 g/mol. The standard InChI is InChI=1S/C29H36N6O2/c1-4-9-24-27-25(33(3)32-24)20-30-28(31-27)23-19-21(12-13-26(23)37-18-5-2)29(36)35-16-14-34(15-17-35)22-10-7-6-8-11-22/h6-8,10-13,19H,4-5,9,14-18,20H2,1-3H3,(H,30,31). The number of rotatable bonds is 8. The number of aromatic nitrogens is 2. The second kappa shape index (κ2) is 11.1. The van der Waals surface area contributed by atoms with Gasteiger partial charge in [-0.1, -0.05) is 38.5 Å². The summed E-state index contributed by atoms with van der Waals surface area (Å²) in [5, 5.41) is 8.14. The SMILES string of the molecule is CCCOc1ccc(C(=O)N2CCN(c3ccccc3)CC2)cc1C1=Nc2c(CCC)nn(C)c2CN1. The molecule has 2 aliphatic rings. The molecule has 0 bridgehead atoms. The van der Waals surface area contributed by atoms with Gasteiger partial charge >= 0.3 is 0 Å². The maximum atomic E-state index is 13.5. The zero-order valence-electron chi connectivity index (χ0n) is 22.0. The lowest BCUT2D eigenvalue weighted by molar-refractivity contribution is 0.0746. The van der Waals surface area contributed by atoms with E-state index in [1.807, 2.05) is 40.9 Å². The van der Waals surface area contributed by atoms with Crippen molar-refractivity contribution in [2.24, 2.45) is 12.0 Å². The number of nitrogens with one attached hydrogen (secondary N) is 1. The van der Waals surface area contributed by atoms with Crippen molar-refractivity contribution in [1.29, 1.82) is 0 Å². The number of ether oxygens (including phenoxy) is 1. The van der Waals surface area contributed by atoms with Gasteiger partial charge in [0.2, 0.25) is 0 Å². The molecule has 194 valence electrons. The number of fused-ring (bicyclic) bond motifs is 1. The Balaban J connectivity index is 1.40. The highest BCUT2D eigenvalue weighted by Crippen LogP contribution is 2.31. The number of carbonyl (C=O) groups is 1. The number of benzene rings is 2. The first kappa shape index (κ1) is 24.9. The van der Waals surface area contributed by atoms with Crippen LogP contribution in [0.4, 0.5) is 11.4 Å². The van der Waals surface area contributed by atoms with Gasteiger partial charge in [-0.3, -0.25) is 9.48 Å². The summed E-state index contributed by atoms with van der Waals surface area (Å²) >= 11 is 0. The Bertz CT molecular complexity index is 1280. The molecular formula is C29H36N6O2. The molecule has 3 aromatic rings. The molecule has 2 aromatic carbocycles. The molecule has 0 atom stereocenters.